The van der Waals surface area contributed by atoms with E-state index >= 15 is 0 Å². The summed E-state index contributed by atoms with van der Waals surface area (Å²) in [7, 11) is 0. The van der Waals surface area contributed by atoms with Gasteiger partial charge in [0.15, 0.2) is 5.71 Å². The highest BCUT2D eigenvalue weighted by molar-refractivity contribution is 6.35. The lowest BCUT2D eigenvalue weighted by Crippen LogP contribution is -2.46. The Morgan fingerprint density at radius 3 is 2.43 bits per heavy atom. The molecule has 2 aromatic carbocycles. The average molecular weight is 453 g/mol. The van der Waals surface area contributed by atoms with E-state index in [1.807, 2.05) is 6.07 Å². The van der Waals surface area contributed by atoms with E-state index in [0.717, 1.165) is 5.01 Å². The predicted octanol–water partition coefficient (Wildman–Crippen LogP) is 5.18. The van der Waals surface area contributed by atoms with Gasteiger partial charge in [0.1, 0.15) is 6.07 Å². The number of para-hydroxylation sites is 1. The Morgan fingerprint density at radius 1 is 1.13 bits per heavy atom. The molecular formula is C20H13Cl2F3N4O. The van der Waals surface area contributed by atoms with Crippen molar-refractivity contribution in [3.05, 3.63) is 75.6 Å². The standard InChI is InChI=1S/C20H13Cl2F3N4O/c21-10-6-7-12(14(22)8-10)15-13(9-26)18(27)30-19-16(15)17(20(23,24)25)28-29(19)11-4-2-1-3-5-11/h1-8,15-16,19H,27H2/t15-,16+,19+/m0/s1. The van der Waals surface area contributed by atoms with E-state index < -0.39 is 30.0 Å². The zero-order valence-electron chi connectivity index (χ0n) is 15.1. The third-order valence-electron chi connectivity index (χ3n) is 4.99. The van der Waals surface area contributed by atoms with Crippen molar-refractivity contribution in [3.8, 4) is 6.07 Å². The van der Waals surface area contributed by atoms with Gasteiger partial charge in [0.25, 0.3) is 0 Å². The Bertz CT molecular complexity index is 1100. The Kier molecular flexibility index (Phi) is 5.04. The molecule has 0 saturated heterocycles. The van der Waals surface area contributed by atoms with Crippen LogP contribution in [0.25, 0.3) is 0 Å². The number of alkyl halides is 3. The van der Waals surface area contributed by atoms with E-state index in [1.165, 1.54) is 18.2 Å². The summed E-state index contributed by atoms with van der Waals surface area (Å²) >= 11 is 12.3. The molecule has 0 fully saturated rings. The summed E-state index contributed by atoms with van der Waals surface area (Å²) in [6.45, 7) is 0. The summed E-state index contributed by atoms with van der Waals surface area (Å²) in [6.07, 6.45) is -5.97. The number of nitrogens with two attached hydrogens (primary N) is 1. The molecule has 2 aliphatic rings. The maximum absolute atomic E-state index is 14.0. The first kappa shape index (κ1) is 20.4. The van der Waals surface area contributed by atoms with Crippen molar-refractivity contribution in [1.82, 2.24) is 0 Å². The van der Waals surface area contributed by atoms with Gasteiger partial charge in [-0.15, -0.1) is 0 Å². The van der Waals surface area contributed by atoms with Crippen molar-refractivity contribution in [2.45, 2.75) is 18.3 Å². The molecular weight excluding hydrogens is 440 g/mol. The van der Waals surface area contributed by atoms with Crippen LogP contribution in [-0.4, -0.2) is 18.1 Å². The molecule has 154 valence electrons. The van der Waals surface area contributed by atoms with Gasteiger partial charge in [0.05, 0.1) is 17.2 Å². The number of nitriles is 1. The molecule has 10 heteroatoms. The van der Waals surface area contributed by atoms with Crippen LogP contribution in [0.4, 0.5) is 18.9 Å². The molecule has 0 aromatic heterocycles. The van der Waals surface area contributed by atoms with Gasteiger partial charge < -0.3 is 10.5 Å². The zero-order chi connectivity index (χ0) is 21.6. The van der Waals surface area contributed by atoms with Crippen LogP contribution in [0.2, 0.25) is 10.0 Å². The van der Waals surface area contributed by atoms with E-state index in [9.17, 15) is 18.4 Å². The van der Waals surface area contributed by atoms with Crippen LogP contribution in [0.1, 0.15) is 11.5 Å². The summed E-state index contributed by atoms with van der Waals surface area (Å²) in [4.78, 5) is 0. The van der Waals surface area contributed by atoms with Crippen LogP contribution in [0.15, 0.2) is 65.1 Å². The zero-order valence-corrected chi connectivity index (χ0v) is 16.6. The molecule has 0 amide bonds. The minimum absolute atomic E-state index is 0.119. The van der Waals surface area contributed by atoms with Crippen LogP contribution in [0.3, 0.4) is 0 Å². The first-order valence-corrected chi connectivity index (χ1v) is 9.49. The van der Waals surface area contributed by atoms with E-state index in [2.05, 4.69) is 5.10 Å². The maximum atomic E-state index is 14.0. The highest BCUT2D eigenvalue weighted by Crippen LogP contribution is 2.50. The third kappa shape index (κ3) is 3.34. The predicted molar refractivity (Wildman–Crippen MR) is 107 cm³/mol. The number of hydrogen-bond donors (Lipinski definition) is 1. The van der Waals surface area contributed by atoms with Crippen molar-refractivity contribution in [2.75, 3.05) is 5.01 Å². The molecule has 2 heterocycles. The lowest BCUT2D eigenvalue weighted by molar-refractivity contribution is -0.0658. The number of anilines is 1. The molecule has 4 rings (SSSR count). The topological polar surface area (TPSA) is 74.6 Å². The Morgan fingerprint density at radius 2 is 1.83 bits per heavy atom. The lowest BCUT2D eigenvalue weighted by Gasteiger charge is -2.37. The molecule has 2 aromatic rings. The number of hydrazone groups is 1. The summed E-state index contributed by atoms with van der Waals surface area (Å²) in [5, 5.41) is 15.1. The second-order valence-electron chi connectivity index (χ2n) is 6.73. The molecule has 0 radical (unpaired) electrons. The Balaban J connectivity index is 1.93. The Labute approximate surface area is 179 Å². The molecule has 0 spiro atoms. The van der Waals surface area contributed by atoms with E-state index in [1.54, 1.807) is 30.3 Å². The number of fused-ring (bicyclic) bond motifs is 1. The molecule has 2 N–H and O–H groups in total. The van der Waals surface area contributed by atoms with Crippen LogP contribution >= 0.6 is 23.2 Å². The number of halogens is 5. The van der Waals surface area contributed by atoms with Gasteiger partial charge in [0.2, 0.25) is 12.1 Å². The molecule has 3 atom stereocenters. The number of hydrogen-bond acceptors (Lipinski definition) is 5. The highest BCUT2D eigenvalue weighted by atomic mass is 35.5. The molecule has 30 heavy (non-hydrogen) atoms. The minimum atomic E-state index is -4.76. The van der Waals surface area contributed by atoms with Crippen LogP contribution in [-0.2, 0) is 4.74 Å². The first-order chi connectivity index (χ1) is 14.2. The molecule has 2 aliphatic heterocycles. The molecule has 0 saturated carbocycles. The highest BCUT2D eigenvalue weighted by Gasteiger charge is 2.58. The lowest BCUT2D eigenvalue weighted by atomic mass is 9.76. The van der Waals surface area contributed by atoms with E-state index in [-0.39, 0.29) is 22.0 Å². The summed E-state index contributed by atoms with van der Waals surface area (Å²) in [6, 6.07) is 14.5. The average Bonchev–Trinajstić information content (AvgIpc) is 3.07. The first-order valence-electron chi connectivity index (χ1n) is 8.73. The number of nitrogens with zero attached hydrogens (tertiary/aromatic N) is 3. The number of ether oxygens (including phenoxy) is 1. The summed E-state index contributed by atoms with van der Waals surface area (Å²) in [5.74, 6) is -2.76. The summed E-state index contributed by atoms with van der Waals surface area (Å²) in [5.41, 5.74) is 5.41. The monoisotopic (exact) mass is 452 g/mol. The maximum Gasteiger partial charge on any atom is 0.431 e. The minimum Gasteiger partial charge on any atom is -0.452 e. The fourth-order valence-corrected chi connectivity index (χ4v) is 4.28. The molecule has 0 aliphatic carbocycles. The van der Waals surface area contributed by atoms with Crippen LogP contribution in [0, 0.1) is 17.2 Å². The fraction of sp³-hybridized carbons (Fsp3) is 0.200. The molecule has 0 bridgehead atoms. The van der Waals surface area contributed by atoms with E-state index in [4.69, 9.17) is 33.7 Å². The van der Waals surface area contributed by atoms with Crippen molar-refractivity contribution >= 4 is 34.6 Å². The largest absolute Gasteiger partial charge is 0.452 e. The number of benzene rings is 2. The van der Waals surface area contributed by atoms with Crippen molar-refractivity contribution in [3.63, 3.8) is 0 Å². The number of rotatable bonds is 2. The van der Waals surface area contributed by atoms with Gasteiger partial charge in [0, 0.05) is 16.0 Å². The van der Waals surface area contributed by atoms with Crippen molar-refractivity contribution in [1.29, 1.82) is 5.26 Å². The van der Waals surface area contributed by atoms with Gasteiger partial charge in [-0.3, -0.25) is 0 Å². The van der Waals surface area contributed by atoms with Gasteiger partial charge in [-0.2, -0.15) is 23.5 Å². The summed E-state index contributed by atoms with van der Waals surface area (Å²) < 4.78 is 47.6. The van der Waals surface area contributed by atoms with Gasteiger partial charge in [-0.25, -0.2) is 5.01 Å². The van der Waals surface area contributed by atoms with Crippen LogP contribution < -0.4 is 10.7 Å². The molecule has 5 nitrogen and oxygen atoms in total. The van der Waals surface area contributed by atoms with Gasteiger partial charge >= 0.3 is 6.18 Å². The van der Waals surface area contributed by atoms with Crippen molar-refractivity contribution in [2.24, 2.45) is 16.8 Å². The fourth-order valence-electron chi connectivity index (χ4n) is 3.76. The van der Waals surface area contributed by atoms with Crippen LogP contribution in [0.5, 0.6) is 0 Å². The smallest absolute Gasteiger partial charge is 0.431 e. The second-order valence-corrected chi connectivity index (χ2v) is 7.57. The normalized spacial score (nSPS) is 23.5. The SMILES string of the molecule is N#CC1=C(N)O[C@@H]2[C@@H](C(C(F)(F)F)=NN2c2ccccc2)[C@H]1c1ccc(Cl)cc1Cl. The number of allylic oxidation sites excluding steroid dienone is 1. The van der Waals surface area contributed by atoms with Gasteiger partial charge in [-0.05, 0) is 29.8 Å². The third-order valence-corrected chi connectivity index (χ3v) is 5.55. The van der Waals surface area contributed by atoms with Crippen molar-refractivity contribution < 1.29 is 17.9 Å². The molecule has 0 unspecified atom stereocenters. The van der Waals surface area contributed by atoms with Gasteiger partial charge in [-0.1, -0.05) is 47.5 Å². The quantitative estimate of drug-likeness (QED) is 0.680. The second kappa shape index (κ2) is 7.42. The van der Waals surface area contributed by atoms with E-state index in [0.29, 0.717) is 10.7 Å². The Hall–Kier alpha value is -2.89.